The Kier molecular flexibility index (Phi) is 6.13. The molecule has 7 heteroatoms. The fraction of sp³-hybridized carbons (Fsp3) is 0.533. The van der Waals surface area contributed by atoms with Crippen molar-refractivity contribution in [2.24, 2.45) is 0 Å². The van der Waals surface area contributed by atoms with E-state index in [-0.39, 0.29) is 18.5 Å². The molecule has 0 heterocycles. The van der Waals surface area contributed by atoms with E-state index in [1.165, 1.54) is 6.07 Å². The van der Waals surface area contributed by atoms with Crippen LogP contribution < -0.4 is 5.32 Å². The molecule has 6 nitrogen and oxygen atoms in total. The first kappa shape index (κ1) is 18.2. The zero-order valence-electron chi connectivity index (χ0n) is 12.8. The van der Waals surface area contributed by atoms with Crippen LogP contribution in [0.1, 0.15) is 38.9 Å². The van der Waals surface area contributed by atoms with Crippen LogP contribution in [0.2, 0.25) is 0 Å². The van der Waals surface area contributed by atoms with Gasteiger partial charge in [-0.05, 0) is 44.9 Å². The number of aliphatic hydroxyl groups excluding tert-OH is 2. The molecule has 124 valence electrons. The SMILES string of the molecule is CC(C)(C)OC(=O)NCCC(O)C(O)c1ccc(F)c(O)c1. The van der Waals surface area contributed by atoms with Crippen molar-refractivity contribution in [3.63, 3.8) is 0 Å². The highest BCUT2D eigenvalue weighted by Crippen LogP contribution is 2.24. The van der Waals surface area contributed by atoms with Crippen LogP contribution in [0.5, 0.6) is 5.75 Å². The van der Waals surface area contributed by atoms with Crippen molar-refractivity contribution in [1.29, 1.82) is 0 Å². The molecule has 2 atom stereocenters. The van der Waals surface area contributed by atoms with Gasteiger partial charge >= 0.3 is 6.09 Å². The second-order valence-corrected chi connectivity index (χ2v) is 5.94. The van der Waals surface area contributed by atoms with Crippen molar-refractivity contribution in [1.82, 2.24) is 5.32 Å². The molecular formula is C15H22FNO5. The topological polar surface area (TPSA) is 99.0 Å². The Labute approximate surface area is 128 Å². The normalized spacial score (nSPS) is 14.3. The maximum absolute atomic E-state index is 12.9. The molecule has 4 N–H and O–H groups in total. The van der Waals surface area contributed by atoms with Crippen LogP contribution in [0.25, 0.3) is 0 Å². The lowest BCUT2D eigenvalue weighted by Gasteiger charge is -2.21. The number of carbonyl (C=O) groups excluding carboxylic acids is 1. The molecule has 0 aromatic heterocycles. The van der Waals surface area contributed by atoms with Crippen LogP contribution >= 0.6 is 0 Å². The summed E-state index contributed by atoms with van der Waals surface area (Å²) >= 11 is 0. The molecule has 0 aliphatic rings. The maximum Gasteiger partial charge on any atom is 0.407 e. The van der Waals surface area contributed by atoms with Gasteiger partial charge in [-0.3, -0.25) is 0 Å². The Morgan fingerprint density at radius 1 is 1.36 bits per heavy atom. The number of aromatic hydroxyl groups is 1. The average molecular weight is 315 g/mol. The number of nitrogens with one attached hydrogen (secondary N) is 1. The number of phenols is 1. The number of ether oxygens (including phenoxy) is 1. The number of benzene rings is 1. The molecule has 2 unspecified atom stereocenters. The van der Waals surface area contributed by atoms with E-state index in [1.807, 2.05) is 0 Å². The van der Waals surface area contributed by atoms with Gasteiger partial charge < -0.3 is 25.4 Å². The lowest BCUT2D eigenvalue weighted by atomic mass is 10.0. The summed E-state index contributed by atoms with van der Waals surface area (Å²) in [7, 11) is 0. The molecule has 0 radical (unpaired) electrons. The largest absolute Gasteiger partial charge is 0.505 e. The molecule has 0 saturated carbocycles. The zero-order valence-corrected chi connectivity index (χ0v) is 12.8. The first-order valence-corrected chi connectivity index (χ1v) is 6.91. The summed E-state index contributed by atoms with van der Waals surface area (Å²) < 4.78 is 18.0. The highest BCUT2D eigenvalue weighted by molar-refractivity contribution is 5.67. The van der Waals surface area contributed by atoms with Crippen molar-refractivity contribution in [3.05, 3.63) is 29.6 Å². The Morgan fingerprint density at radius 2 is 2.00 bits per heavy atom. The first-order valence-electron chi connectivity index (χ1n) is 6.91. The number of amides is 1. The number of halogens is 1. The number of rotatable bonds is 5. The minimum Gasteiger partial charge on any atom is -0.505 e. The number of hydrogen-bond acceptors (Lipinski definition) is 5. The van der Waals surface area contributed by atoms with E-state index in [1.54, 1.807) is 20.8 Å². The Morgan fingerprint density at radius 3 is 2.55 bits per heavy atom. The molecule has 1 amide bonds. The molecular weight excluding hydrogens is 293 g/mol. The van der Waals surface area contributed by atoms with Gasteiger partial charge in [0.05, 0.1) is 6.10 Å². The third kappa shape index (κ3) is 5.87. The van der Waals surface area contributed by atoms with Crippen molar-refractivity contribution >= 4 is 6.09 Å². The molecule has 22 heavy (non-hydrogen) atoms. The Balaban J connectivity index is 2.46. The van der Waals surface area contributed by atoms with Gasteiger partial charge in [0.25, 0.3) is 0 Å². The molecule has 1 aromatic rings. The van der Waals surface area contributed by atoms with Gasteiger partial charge in [0.1, 0.15) is 11.7 Å². The summed E-state index contributed by atoms with van der Waals surface area (Å²) in [6.45, 7) is 5.28. The van der Waals surface area contributed by atoms with E-state index in [0.29, 0.717) is 0 Å². The van der Waals surface area contributed by atoms with Crippen LogP contribution in [0.15, 0.2) is 18.2 Å². The summed E-state index contributed by atoms with van der Waals surface area (Å²) in [6, 6.07) is 3.31. The summed E-state index contributed by atoms with van der Waals surface area (Å²) in [5.41, 5.74) is -0.433. The molecule has 0 spiro atoms. The summed E-state index contributed by atoms with van der Waals surface area (Å²) in [5, 5.41) is 31.5. The molecule has 0 bridgehead atoms. The van der Waals surface area contributed by atoms with Crippen LogP contribution in [0.3, 0.4) is 0 Å². The van der Waals surface area contributed by atoms with Crippen LogP contribution in [-0.4, -0.2) is 39.7 Å². The minimum atomic E-state index is -1.30. The predicted molar refractivity (Wildman–Crippen MR) is 77.9 cm³/mol. The third-order valence-corrected chi connectivity index (χ3v) is 2.78. The number of phenolic OH excluding ortho intramolecular Hbond substituents is 1. The van der Waals surface area contributed by atoms with E-state index >= 15 is 0 Å². The molecule has 0 aliphatic heterocycles. The van der Waals surface area contributed by atoms with Crippen LogP contribution in [-0.2, 0) is 4.74 Å². The van der Waals surface area contributed by atoms with Gasteiger partial charge in [0.2, 0.25) is 0 Å². The monoisotopic (exact) mass is 315 g/mol. The van der Waals surface area contributed by atoms with Crippen LogP contribution in [0, 0.1) is 5.82 Å². The fourth-order valence-electron chi connectivity index (χ4n) is 1.73. The van der Waals surface area contributed by atoms with Crippen LogP contribution in [0.4, 0.5) is 9.18 Å². The Bertz CT molecular complexity index is 515. The van der Waals surface area contributed by atoms with E-state index in [2.05, 4.69) is 5.32 Å². The lowest BCUT2D eigenvalue weighted by molar-refractivity contribution is 0.0122. The lowest BCUT2D eigenvalue weighted by Crippen LogP contribution is -2.34. The van der Waals surface area contributed by atoms with Gasteiger partial charge in [-0.25, -0.2) is 9.18 Å². The minimum absolute atomic E-state index is 0.0680. The van der Waals surface area contributed by atoms with Gasteiger partial charge in [0, 0.05) is 6.54 Å². The third-order valence-electron chi connectivity index (χ3n) is 2.78. The van der Waals surface area contributed by atoms with Gasteiger partial charge in [-0.2, -0.15) is 0 Å². The standard InChI is InChI=1S/C15H22FNO5/c1-15(2,3)22-14(21)17-7-6-11(18)13(20)9-4-5-10(16)12(19)8-9/h4-5,8,11,13,18-20H,6-7H2,1-3H3,(H,17,21). The molecule has 1 aromatic carbocycles. The number of aliphatic hydroxyl groups is 2. The van der Waals surface area contributed by atoms with E-state index in [0.717, 1.165) is 12.1 Å². The highest BCUT2D eigenvalue weighted by atomic mass is 19.1. The smallest absolute Gasteiger partial charge is 0.407 e. The van der Waals surface area contributed by atoms with Crippen molar-refractivity contribution in [2.45, 2.75) is 45.0 Å². The maximum atomic E-state index is 12.9. The quantitative estimate of drug-likeness (QED) is 0.664. The number of carbonyl (C=O) groups is 1. The fourth-order valence-corrected chi connectivity index (χ4v) is 1.73. The average Bonchev–Trinajstić information content (AvgIpc) is 2.38. The van der Waals surface area contributed by atoms with Gasteiger partial charge in [0.15, 0.2) is 11.6 Å². The van der Waals surface area contributed by atoms with Crippen molar-refractivity contribution in [2.75, 3.05) is 6.54 Å². The van der Waals surface area contributed by atoms with E-state index < -0.39 is 35.5 Å². The number of hydrogen-bond donors (Lipinski definition) is 4. The van der Waals surface area contributed by atoms with E-state index in [4.69, 9.17) is 4.74 Å². The van der Waals surface area contributed by atoms with Gasteiger partial charge in [-0.15, -0.1) is 0 Å². The molecule has 1 rings (SSSR count). The summed E-state index contributed by atoms with van der Waals surface area (Å²) in [5.74, 6) is -1.41. The predicted octanol–water partition coefficient (Wildman–Crippen LogP) is 1.84. The molecule has 0 aliphatic carbocycles. The summed E-state index contributed by atoms with van der Waals surface area (Å²) in [6.07, 6.45) is -3.03. The van der Waals surface area contributed by atoms with Crippen molar-refractivity contribution < 1.29 is 29.2 Å². The van der Waals surface area contributed by atoms with Crippen molar-refractivity contribution in [3.8, 4) is 5.75 Å². The second-order valence-electron chi connectivity index (χ2n) is 5.94. The second kappa shape index (κ2) is 7.42. The summed E-state index contributed by atoms with van der Waals surface area (Å²) in [4.78, 5) is 11.4. The first-order chi connectivity index (χ1) is 10.1. The zero-order chi connectivity index (χ0) is 16.9. The van der Waals surface area contributed by atoms with Gasteiger partial charge in [-0.1, -0.05) is 6.07 Å². The molecule has 0 fully saturated rings. The van der Waals surface area contributed by atoms with E-state index in [9.17, 15) is 24.5 Å². The molecule has 0 saturated heterocycles. The number of alkyl carbamates (subject to hydrolysis) is 1. The highest BCUT2D eigenvalue weighted by Gasteiger charge is 2.20. The Hall–Kier alpha value is -1.86.